The van der Waals surface area contributed by atoms with Crippen LogP contribution in [0.25, 0.3) is 0 Å². The minimum atomic E-state index is -0.296. The smallest absolute Gasteiger partial charge is 0.338 e. The van der Waals surface area contributed by atoms with Gasteiger partial charge in [-0.2, -0.15) is 0 Å². The Morgan fingerprint density at radius 3 is 2.64 bits per heavy atom. The van der Waals surface area contributed by atoms with Crippen molar-refractivity contribution in [3.8, 4) is 0 Å². The third kappa shape index (κ3) is 3.34. The van der Waals surface area contributed by atoms with E-state index in [2.05, 4.69) is 15.9 Å². The van der Waals surface area contributed by atoms with E-state index in [9.17, 15) is 4.79 Å². The first-order valence-electron chi connectivity index (χ1n) is 4.28. The summed E-state index contributed by atoms with van der Waals surface area (Å²) < 4.78 is 5.91. The van der Waals surface area contributed by atoms with Gasteiger partial charge in [-0.05, 0) is 31.2 Å². The molecule has 0 aromatic heterocycles. The zero-order valence-electron chi connectivity index (χ0n) is 7.87. The molecule has 0 fully saturated rings. The molecule has 0 amide bonds. The van der Waals surface area contributed by atoms with E-state index in [1.807, 2.05) is 25.1 Å². The Bertz CT molecular complexity index is 328. The number of ether oxygens (including phenoxy) is 1. The molecule has 0 saturated heterocycles. The molecule has 1 aromatic rings. The van der Waals surface area contributed by atoms with Gasteiger partial charge in [0.05, 0.1) is 5.56 Å². The van der Waals surface area contributed by atoms with Crippen molar-refractivity contribution in [1.82, 2.24) is 0 Å². The lowest BCUT2D eigenvalue weighted by Crippen LogP contribution is -2.04. The average Bonchev–Trinajstić information content (AvgIpc) is 2.19. The van der Waals surface area contributed by atoms with Crippen LogP contribution in [0.15, 0.2) is 40.9 Å². The fraction of sp³-hybridized carbons (Fsp3) is 0.182. The summed E-state index contributed by atoms with van der Waals surface area (Å²) in [5.41, 5.74) is 0.567. The average molecular weight is 255 g/mol. The number of benzene rings is 1. The van der Waals surface area contributed by atoms with Gasteiger partial charge in [0, 0.05) is 4.47 Å². The maximum absolute atomic E-state index is 11.4. The van der Waals surface area contributed by atoms with Crippen molar-refractivity contribution in [2.24, 2.45) is 0 Å². The second-order valence-corrected chi connectivity index (χ2v) is 3.59. The van der Waals surface area contributed by atoms with E-state index in [0.29, 0.717) is 12.2 Å². The molecule has 74 valence electrons. The second-order valence-electron chi connectivity index (χ2n) is 2.67. The minimum Gasteiger partial charge on any atom is -0.458 e. The van der Waals surface area contributed by atoms with Gasteiger partial charge in [-0.25, -0.2) is 4.79 Å². The summed E-state index contributed by atoms with van der Waals surface area (Å²) in [4.78, 5) is 11.4. The fourth-order valence-corrected chi connectivity index (χ4v) is 1.15. The van der Waals surface area contributed by atoms with E-state index < -0.39 is 0 Å². The minimum absolute atomic E-state index is 0.296. The first kappa shape index (κ1) is 11.0. The van der Waals surface area contributed by atoms with Crippen molar-refractivity contribution in [3.63, 3.8) is 0 Å². The summed E-state index contributed by atoms with van der Waals surface area (Å²) in [6.07, 6.45) is 3.63. The van der Waals surface area contributed by atoms with Crippen LogP contribution in [0, 0.1) is 0 Å². The molecule has 0 heterocycles. The van der Waals surface area contributed by atoms with Crippen LogP contribution in [0.1, 0.15) is 17.3 Å². The number of carbonyl (C=O) groups is 1. The van der Waals surface area contributed by atoms with E-state index in [1.54, 1.807) is 18.2 Å². The Morgan fingerprint density at radius 2 is 2.07 bits per heavy atom. The maximum Gasteiger partial charge on any atom is 0.338 e. The van der Waals surface area contributed by atoms with Crippen LogP contribution in [-0.4, -0.2) is 12.6 Å². The molecule has 0 spiro atoms. The topological polar surface area (TPSA) is 26.3 Å². The van der Waals surface area contributed by atoms with Crippen LogP contribution in [0.4, 0.5) is 0 Å². The van der Waals surface area contributed by atoms with Gasteiger partial charge in [0.25, 0.3) is 0 Å². The number of esters is 1. The van der Waals surface area contributed by atoms with E-state index in [4.69, 9.17) is 4.74 Å². The van der Waals surface area contributed by atoms with E-state index >= 15 is 0 Å². The lowest BCUT2D eigenvalue weighted by Gasteiger charge is -2.01. The number of allylic oxidation sites excluding steroid dienone is 1. The standard InChI is InChI=1S/C11H11BrO2/c1-2-3-8-14-11(13)9-4-6-10(12)7-5-9/h2-7H,8H2,1H3/b3-2+. The molecule has 0 radical (unpaired) electrons. The van der Waals surface area contributed by atoms with Crippen molar-refractivity contribution in [2.75, 3.05) is 6.61 Å². The van der Waals surface area contributed by atoms with E-state index in [0.717, 1.165) is 4.47 Å². The third-order valence-corrected chi connectivity index (χ3v) is 2.15. The number of rotatable bonds is 3. The van der Waals surface area contributed by atoms with Crippen molar-refractivity contribution >= 4 is 21.9 Å². The van der Waals surface area contributed by atoms with Gasteiger partial charge >= 0.3 is 5.97 Å². The molecule has 0 unspecified atom stereocenters. The number of carbonyl (C=O) groups excluding carboxylic acids is 1. The summed E-state index contributed by atoms with van der Waals surface area (Å²) in [5.74, 6) is -0.296. The third-order valence-electron chi connectivity index (χ3n) is 1.63. The highest BCUT2D eigenvalue weighted by atomic mass is 79.9. The molecule has 1 aromatic carbocycles. The molecule has 2 nitrogen and oxygen atoms in total. The molecular weight excluding hydrogens is 244 g/mol. The Kier molecular flexibility index (Phi) is 4.40. The van der Waals surface area contributed by atoms with Gasteiger partial charge in [-0.15, -0.1) is 0 Å². The molecule has 14 heavy (non-hydrogen) atoms. The predicted octanol–water partition coefficient (Wildman–Crippen LogP) is 3.18. The second kappa shape index (κ2) is 5.60. The van der Waals surface area contributed by atoms with Crippen LogP contribution < -0.4 is 0 Å². The van der Waals surface area contributed by atoms with Gasteiger partial charge < -0.3 is 4.74 Å². The summed E-state index contributed by atoms with van der Waals surface area (Å²) >= 11 is 3.30. The van der Waals surface area contributed by atoms with Gasteiger partial charge in [0.2, 0.25) is 0 Å². The van der Waals surface area contributed by atoms with E-state index in [1.165, 1.54) is 0 Å². The first-order valence-corrected chi connectivity index (χ1v) is 5.07. The zero-order valence-corrected chi connectivity index (χ0v) is 9.45. The molecular formula is C11H11BrO2. The monoisotopic (exact) mass is 254 g/mol. The Morgan fingerprint density at radius 1 is 1.43 bits per heavy atom. The molecule has 0 aliphatic carbocycles. The van der Waals surface area contributed by atoms with Gasteiger partial charge in [0.15, 0.2) is 0 Å². The summed E-state index contributed by atoms with van der Waals surface area (Å²) in [6, 6.07) is 7.07. The Labute approximate surface area is 91.7 Å². The molecule has 0 aliphatic rings. The first-order chi connectivity index (χ1) is 6.74. The highest BCUT2D eigenvalue weighted by Gasteiger charge is 2.04. The molecule has 0 aliphatic heterocycles. The highest BCUT2D eigenvalue weighted by molar-refractivity contribution is 9.10. The molecule has 0 atom stereocenters. The van der Waals surface area contributed by atoms with Crippen LogP contribution in [0.5, 0.6) is 0 Å². The van der Waals surface area contributed by atoms with Gasteiger partial charge in [-0.3, -0.25) is 0 Å². The Hall–Kier alpha value is -1.09. The van der Waals surface area contributed by atoms with Gasteiger partial charge in [-0.1, -0.05) is 28.1 Å². The van der Waals surface area contributed by atoms with Crippen LogP contribution in [-0.2, 0) is 4.74 Å². The molecule has 0 bridgehead atoms. The lowest BCUT2D eigenvalue weighted by atomic mass is 10.2. The number of hydrogen-bond donors (Lipinski definition) is 0. The van der Waals surface area contributed by atoms with Crippen molar-refractivity contribution in [3.05, 3.63) is 46.5 Å². The molecule has 0 N–H and O–H groups in total. The largest absolute Gasteiger partial charge is 0.458 e. The number of halogens is 1. The fourth-order valence-electron chi connectivity index (χ4n) is 0.889. The van der Waals surface area contributed by atoms with Crippen LogP contribution in [0.3, 0.4) is 0 Å². The molecule has 0 saturated carbocycles. The summed E-state index contributed by atoms with van der Waals surface area (Å²) in [7, 11) is 0. The Balaban J connectivity index is 2.56. The lowest BCUT2D eigenvalue weighted by molar-refractivity contribution is 0.0549. The van der Waals surface area contributed by atoms with Crippen molar-refractivity contribution < 1.29 is 9.53 Å². The van der Waals surface area contributed by atoms with Crippen molar-refractivity contribution in [1.29, 1.82) is 0 Å². The predicted molar refractivity (Wildman–Crippen MR) is 59.2 cm³/mol. The summed E-state index contributed by atoms with van der Waals surface area (Å²) in [6.45, 7) is 2.21. The zero-order chi connectivity index (χ0) is 10.4. The molecule has 3 heteroatoms. The van der Waals surface area contributed by atoms with Crippen LogP contribution in [0.2, 0.25) is 0 Å². The van der Waals surface area contributed by atoms with Crippen molar-refractivity contribution in [2.45, 2.75) is 6.92 Å². The normalized spacial score (nSPS) is 10.4. The highest BCUT2D eigenvalue weighted by Crippen LogP contribution is 2.11. The maximum atomic E-state index is 11.4. The SMILES string of the molecule is C/C=C/COC(=O)c1ccc(Br)cc1. The summed E-state index contributed by atoms with van der Waals surface area (Å²) in [5, 5.41) is 0. The molecule has 1 rings (SSSR count). The van der Waals surface area contributed by atoms with Gasteiger partial charge in [0.1, 0.15) is 6.61 Å². The number of hydrogen-bond acceptors (Lipinski definition) is 2. The van der Waals surface area contributed by atoms with E-state index in [-0.39, 0.29) is 5.97 Å². The van der Waals surface area contributed by atoms with Crippen LogP contribution >= 0.6 is 15.9 Å². The quantitative estimate of drug-likeness (QED) is 0.612.